The molecule has 1 heterocycles. The zero-order valence-electron chi connectivity index (χ0n) is 14.2. The van der Waals surface area contributed by atoms with Crippen molar-refractivity contribution in [2.75, 3.05) is 11.9 Å². The van der Waals surface area contributed by atoms with E-state index in [1.165, 1.54) is 12.1 Å². The Kier molecular flexibility index (Phi) is 4.85. The van der Waals surface area contributed by atoms with Gasteiger partial charge in [-0.05, 0) is 36.5 Å². The van der Waals surface area contributed by atoms with E-state index < -0.39 is 36.0 Å². The molecule has 1 saturated heterocycles. The summed E-state index contributed by atoms with van der Waals surface area (Å²) in [6.07, 6.45) is -3.75. The van der Waals surface area contributed by atoms with Crippen LogP contribution in [0.25, 0.3) is 0 Å². The molecule has 0 aromatic heterocycles. The van der Waals surface area contributed by atoms with Crippen LogP contribution in [-0.4, -0.2) is 38.8 Å². The van der Waals surface area contributed by atoms with Crippen LogP contribution < -0.4 is 5.32 Å². The second kappa shape index (κ2) is 6.83. The summed E-state index contributed by atoms with van der Waals surface area (Å²) in [6, 6.07) is 4.21. The highest BCUT2D eigenvalue weighted by Crippen LogP contribution is 2.60. The van der Waals surface area contributed by atoms with Crippen LogP contribution in [0.5, 0.6) is 0 Å². The monoisotopic (exact) mass is 522 g/mol. The van der Waals surface area contributed by atoms with Crippen LogP contribution in [0.2, 0.25) is 0 Å². The lowest BCUT2D eigenvalue weighted by atomic mass is 9.81. The number of nitrogens with zero attached hydrogens (tertiary/aromatic N) is 1. The maximum Gasteiger partial charge on any atom is 0.416 e. The predicted molar refractivity (Wildman–Crippen MR) is 101 cm³/mol. The molecule has 28 heavy (non-hydrogen) atoms. The number of rotatable bonds is 3. The van der Waals surface area contributed by atoms with Crippen LogP contribution >= 0.6 is 31.9 Å². The van der Waals surface area contributed by atoms with Gasteiger partial charge in [-0.25, -0.2) is 0 Å². The van der Waals surface area contributed by atoms with Crippen molar-refractivity contribution in [1.82, 2.24) is 4.90 Å². The first-order chi connectivity index (χ1) is 13.1. The Morgan fingerprint density at radius 3 is 2.21 bits per heavy atom. The number of likely N-dealkylation sites (tertiary alicyclic amines) is 1. The average Bonchev–Trinajstić information content (AvgIpc) is 3.22. The molecular formula is C18H15Br2F3N2O3. The minimum Gasteiger partial charge on any atom is -0.325 e. The van der Waals surface area contributed by atoms with E-state index in [9.17, 15) is 27.6 Å². The van der Waals surface area contributed by atoms with E-state index in [1.807, 2.05) is 0 Å². The summed E-state index contributed by atoms with van der Waals surface area (Å²) in [5.74, 6) is -2.25. The van der Waals surface area contributed by atoms with Crippen molar-refractivity contribution in [2.24, 2.45) is 23.7 Å². The van der Waals surface area contributed by atoms with Crippen molar-refractivity contribution in [1.29, 1.82) is 0 Å². The van der Waals surface area contributed by atoms with E-state index in [0.29, 0.717) is 0 Å². The summed E-state index contributed by atoms with van der Waals surface area (Å²) in [7, 11) is 0. The Hall–Kier alpha value is -1.42. The first kappa shape index (κ1) is 19.9. The highest BCUT2D eigenvalue weighted by Gasteiger charge is 2.66. The third-order valence-corrected chi connectivity index (χ3v) is 9.06. The molecule has 4 rings (SSSR count). The molecule has 6 atom stereocenters. The van der Waals surface area contributed by atoms with Crippen molar-refractivity contribution < 1.29 is 27.6 Å². The molecule has 1 aromatic carbocycles. The number of anilines is 1. The van der Waals surface area contributed by atoms with Gasteiger partial charge >= 0.3 is 6.18 Å². The molecule has 2 bridgehead atoms. The van der Waals surface area contributed by atoms with Gasteiger partial charge in [0, 0.05) is 15.3 Å². The molecule has 1 N–H and O–H groups in total. The molecule has 2 saturated carbocycles. The summed E-state index contributed by atoms with van der Waals surface area (Å²) < 4.78 is 38.4. The third kappa shape index (κ3) is 3.08. The van der Waals surface area contributed by atoms with Crippen LogP contribution in [-0.2, 0) is 20.6 Å². The molecule has 2 aliphatic carbocycles. The standard InChI is InChI=1S/C18H15Br2F3N2O3/c19-14-9-5-10(15(14)20)13-12(9)16(27)25(17(13)28)6-11(26)24-8-3-1-2-7(4-8)18(21,22)23/h1-4,9-10,12-15H,5-6H2,(H,24,26)/t9-,10-,12-,13+,14-,15+/m1/s1. The molecule has 10 heteroatoms. The maximum absolute atomic E-state index is 12.8. The van der Waals surface area contributed by atoms with E-state index in [0.717, 1.165) is 23.5 Å². The Balaban J connectivity index is 1.46. The molecule has 3 amide bonds. The lowest BCUT2D eigenvalue weighted by molar-refractivity contribution is -0.143. The number of carbonyl (C=O) groups is 3. The topological polar surface area (TPSA) is 66.5 Å². The van der Waals surface area contributed by atoms with Crippen LogP contribution in [0.15, 0.2) is 24.3 Å². The zero-order chi connectivity index (χ0) is 20.4. The quantitative estimate of drug-likeness (QED) is 0.487. The number of nitrogens with one attached hydrogen (secondary N) is 1. The fraction of sp³-hybridized carbons (Fsp3) is 0.500. The molecular weight excluding hydrogens is 509 g/mol. The van der Waals surface area contributed by atoms with Gasteiger partial charge in [-0.1, -0.05) is 37.9 Å². The van der Waals surface area contributed by atoms with Gasteiger partial charge in [-0.2, -0.15) is 13.2 Å². The lowest BCUT2D eigenvalue weighted by Gasteiger charge is -2.28. The van der Waals surface area contributed by atoms with Crippen molar-refractivity contribution in [3.8, 4) is 0 Å². The number of amides is 3. The van der Waals surface area contributed by atoms with E-state index in [4.69, 9.17) is 0 Å². The van der Waals surface area contributed by atoms with Crippen molar-refractivity contribution in [2.45, 2.75) is 22.3 Å². The Morgan fingerprint density at radius 2 is 1.68 bits per heavy atom. The number of halogens is 5. The van der Waals surface area contributed by atoms with Crippen LogP contribution in [0.1, 0.15) is 12.0 Å². The highest BCUT2D eigenvalue weighted by molar-refractivity contribution is 9.12. The predicted octanol–water partition coefficient (Wildman–Crippen LogP) is 3.42. The first-order valence-corrected chi connectivity index (χ1v) is 10.5. The van der Waals surface area contributed by atoms with Gasteiger partial charge in [0.15, 0.2) is 0 Å². The van der Waals surface area contributed by atoms with Crippen molar-refractivity contribution >= 4 is 55.3 Å². The van der Waals surface area contributed by atoms with Gasteiger partial charge in [0.2, 0.25) is 17.7 Å². The zero-order valence-corrected chi connectivity index (χ0v) is 17.4. The Morgan fingerprint density at radius 1 is 1.11 bits per heavy atom. The smallest absolute Gasteiger partial charge is 0.325 e. The van der Waals surface area contributed by atoms with E-state index >= 15 is 0 Å². The fourth-order valence-corrected chi connectivity index (χ4v) is 6.56. The van der Waals surface area contributed by atoms with Crippen LogP contribution in [0, 0.1) is 23.7 Å². The van der Waals surface area contributed by atoms with Crippen LogP contribution in [0.3, 0.4) is 0 Å². The maximum atomic E-state index is 12.8. The van der Waals surface area contributed by atoms with E-state index in [1.54, 1.807) is 0 Å². The Bertz CT molecular complexity index is 831. The van der Waals surface area contributed by atoms with Crippen molar-refractivity contribution in [3.05, 3.63) is 29.8 Å². The largest absolute Gasteiger partial charge is 0.416 e. The molecule has 5 nitrogen and oxygen atoms in total. The summed E-state index contributed by atoms with van der Waals surface area (Å²) >= 11 is 7.16. The molecule has 0 radical (unpaired) electrons. The lowest BCUT2D eigenvalue weighted by Crippen LogP contribution is -2.39. The van der Waals surface area contributed by atoms with Gasteiger partial charge in [-0.3, -0.25) is 19.3 Å². The van der Waals surface area contributed by atoms with Crippen molar-refractivity contribution in [3.63, 3.8) is 0 Å². The minimum absolute atomic E-state index is 0.0346. The average molecular weight is 524 g/mol. The van der Waals surface area contributed by atoms with Gasteiger partial charge in [0.25, 0.3) is 0 Å². The summed E-state index contributed by atoms with van der Waals surface area (Å²) in [5, 5.41) is 2.34. The normalized spacial score (nSPS) is 34.1. The van der Waals surface area contributed by atoms with E-state index in [-0.39, 0.29) is 39.0 Å². The molecule has 3 fully saturated rings. The number of benzene rings is 1. The molecule has 3 aliphatic rings. The number of imide groups is 1. The Labute approximate surface area is 175 Å². The number of hydrogen-bond acceptors (Lipinski definition) is 3. The van der Waals surface area contributed by atoms with Gasteiger partial charge in [0.1, 0.15) is 6.54 Å². The SMILES string of the molecule is O=C(CN1C(=O)[C@@H]2[C@H]3C[C@@H]([C@H](Br)[C@@H]3Br)[C@@H]2C1=O)Nc1cccc(C(F)(F)F)c1. The molecule has 0 spiro atoms. The second-order valence-corrected chi connectivity index (χ2v) is 9.51. The van der Waals surface area contributed by atoms with E-state index in [2.05, 4.69) is 37.2 Å². The highest BCUT2D eigenvalue weighted by atomic mass is 79.9. The summed E-state index contributed by atoms with van der Waals surface area (Å²) in [4.78, 5) is 38.9. The summed E-state index contributed by atoms with van der Waals surface area (Å²) in [5.41, 5.74) is -0.934. The molecule has 0 unspecified atom stereocenters. The first-order valence-electron chi connectivity index (χ1n) is 8.70. The number of fused-ring (bicyclic) bond motifs is 5. The minimum atomic E-state index is -4.53. The molecule has 1 aromatic rings. The molecule has 1 aliphatic heterocycles. The fourth-order valence-electron chi connectivity index (χ4n) is 4.68. The summed E-state index contributed by atoms with van der Waals surface area (Å²) in [6.45, 7) is -0.500. The molecule has 150 valence electrons. The van der Waals surface area contributed by atoms with Crippen LogP contribution in [0.4, 0.5) is 18.9 Å². The number of carbonyl (C=O) groups excluding carboxylic acids is 3. The number of alkyl halides is 5. The van der Waals surface area contributed by atoms with Gasteiger partial charge in [0.05, 0.1) is 17.4 Å². The van der Waals surface area contributed by atoms with Gasteiger partial charge in [-0.15, -0.1) is 0 Å². The number of hydrogen-bond donors (Lipinski definition) is 1. The second-order valence-electron chi connectivity index (χ2n) is 7.39. The third-order valence-electron chi connectivity index (χ3n) is 5.85. The van der Waals surface area contributed by atoms with Gasteiger partial charge < -0.3 is 5.32 Å².